The molecule has 0 radical (unpaired) electrons. The van der Waals surface area contributed by atoms with E-state index >= 15 is 0 Å². The maximum atomic E-state index is 12.5. The van der Waals surface area contributed by atoms with Crippen molar-refractivity contribution in [3.05, 3.63) is 40.9 Å². The van der Waals surface area contributed by atoms with Crippen LogP contribution in [0.4, 0.5) is 0 Å². The predicted molar refractivity (Wildman–Crippen MR) is 106 cm³/mol. The first-order chi connectivity index (χ1) is 13.5. The third kappa shape index (κ3) is 4.02. The molecule has 3 aromatic rings. The molecular formula is C17H18N4O4S3. The maximum Gasteiger partial charge on any atom is 0.252 e. The minimum atomic E-state index is -3.46. The Hall–Kier alpha value is -2.08. The number of nitrogens with zero attached hydrogens (tertiary/aromatic N) is 4. The second kappa shape index (κ2) is 8.11. The molecule has 8 nitrogen and oxygen atoms in total. The Morgan fingerprint density at radius 2 is 1.86 bits per heavy atom. The molecule has 3 aromatic heterocycles. The van der Waals surface area contributed by atoms with E-state index in [-0.39, 0.29) is 12.3 Å². The van der Waals surface area contributed by atoms with Gasteiger partial charge < -0.3 is 9.42 Å². The first kappa shape index (κ1) is 19.2. The van der Waals surface area contributed by atoms with Gasteiger partial charge in [-0.15, -0.1) is 22.7 Å². The molecule has 0 saturated carbocycles. The van der Waals surface area contributed by atoms with Crippen LogP contribution in [0, 0.1) is 0 Å². The Balaban J connectivity index is 1.29. The number of amides is 1. The minimum absolute atomic E-state index is 0.0379. The summed E-state index contributed by atoms with van der Waals surface area (Å²) in [6.07, 6.45) is 0.620. The highest BCUT2D eigenvalue weighted by atomic mass is 32.2. The molecule has 0 aromatic carbocycles. The molecule has 1 saturated heterocycles. The van der Waals surface area contributed by atoms with Crippen LogP contribution in [-0.2, 0) is 21.2 Å². The first-order valence-corrected chi connectivity index (χ1v) is 11.9. The van der Waals surface area contributed by atoms with E-state index in [1.807, 2.05) is 17.5 Å². The molecule has 11 heteroatoms. The van der Waals surface area contributed by atoms with Crippen LogP contribution in [0.15, 0.2) is 43.8 Å². The van der Waals surface area contributed by atoms with E-state index in [2.05, 4.69) is 10.1 Å². The molecule has 28 heavy (non-hydrogen) atoms. The lowest BCUT2D eigenvalue weighted by molar-refractivity contribution is -0.132. The van der Waals surface area contributed by atoms with Crippen molar-refractivity contribution >= 4 is 38.6 Å². The molecule has 148 valence electrons. The van der Waals surface area contributed by atoms with E-state index in [4.69, 9.17) is 4.52 Å². The zero-order chi connectivity index (χ0) is 19.6. The molecule has 0 N–H and O–H groups in total. The third-order valence-electron chi connectivity index (χ3n) is 4.44. The fourth-order valence-electron chi connectivity index (χ4n) is 2.95. The second-order valence-electron chi connectivity index (χ2n) is 6.21. The number of hydrogen-bond acceptors (Lipinski definition) is 8. The lowest BCUT2D eigenvalue weighted by Crippen LogP contribution is -2.50. The van der Waals surface area contributed by atoms with Gasteiger partial charge in [0, 0.05) is 39.0 Å². The van der Waals surface area contributed by atoms with Gasteiger partial charge >= 0.3 is 0 Å². The third-order valence-corrected chi connectivity index (χ3v) is 8.58. The van der Waals surface area contributed by atoms with Gasteiger partial charge in [-0.3, -0.25) is 4.79 Å². The fourth-order valence-corrected chi connectivity index (χ4v) is 6.17. The highest BCUT2D eigenvalue weighted by molar-refractivity contribution is 7.91. The molecule has 1 fully saturated rings. The summed E-state index contributed by atoms with van der Waals surface area (Å²) in [7, 11) is -3.46. The van der Waals surface area contributed by atoms with E-state index in [9.17, 15) is 13.2 Å². The van der Waals surface area contributed by atoms with Crippen molar-refractivity contribution in [2.24, 2.45) is 0 Å². The summed E-state index contributed by atoms with van der Waals surface area (Å²) in [5.41, 5.74) is 0. The Morgan fingerprint density at radius 3 is 2.54 bits per heavy atom. The van der Waals surface area contributed by atoms with Crippen LogP contribution in [-0.4, -0.2) is 59.8 Å². The summed E-state index contributed by atoms with van der Waals surface area (Å²) in [5.74, 6) is 0.921. The van der Waals surface area contributed by atoms with Gasteiger partial charge in [0.15, 0.2) is 0 Å². The number of hydrogen-bond donors (Lipinski definition) is 0. The number of aromatic nitrogens is 2. The summed E-state index contributed by atoms with van der Waals surface area (Å²) in [6.45, 7) is 1.37. The summed E-state index contributed by atoms with van der Waals surface area (Å²) >= 11 is 2.73. The molecule has 4 rings (SSSR count). The summed E-state index contributed by atoms with van der Waals surface area (Å²) in [6, 6.07) is 7.15. The average Bonchev–Trinajstić information content (AvgIpc) is 3.48. The molecule has 0 spiro atoms. The van der Waals surface area contributed by atoms with E-state index in [0.717, 1.165) is 4.88 Å². The van der Waals surface area contributed by atoms with Gasteiger partial charge in [-0.1, -0.05) is 17.3 Å². The first-order valence-electron chi connectivity index (χ1n) is 8.72. The zero-order valence-corrected chi connectivity index (χ0v) is 17.3. The van der Waals surface area contributed by atoms with Crippen LogP contribution in [0.3, 0.4) is 0 Å². The van der Waals surface area contributed by atoms with E-state index in [0.29, 0.717) is 48.5 Å². The van der Waals surface area contributed by atoms with Gasteiger partial charge in [-0.25, -0.2) is 8.42 Å². The van der Waals surface area contributed by atoms with E-state index in [1.165, 1.54) is 27.0 Å². The molecule has 0 atom stereocenters. The average molecular weight is 439 g/mol. The van der Waals surface area contributed by atoms with Crippen molar-refractivity contribution < 1.29 is 17.7 Å². The Morgan fingerprint density at radius 1 is 1.11 bits per heavy atom. The van der Waals surface area contributed by atoms with Crippen LogP contribution in [0.1, 0.15) is 12.3 Å². The topological polar surface area (TPSA) is 96.6 Å². The Kier molecular flexibility index (Phi) is 5.58. The van der Waals surface area contributed by atoms with Crippen molar-refractivity contribution in [3.8, 4) is 10.7 Å². The number of rotatable bonds is 6. The van der Waals surface area contributed by atoms with Crippen molar-refractivity contribution in [2.75, 3.05) is 26.2 Å². The van der Waals surface area contributed by atoms with Gasteiger partial charge in [0.1, 0.15) is 4.21 Å². The van der Waals surface area contributed by atoms with Gasteiger partial charge in [0.2, 0.25) is 17.6 Å². The molecule has 0 unspecified atom stereocenters. The van der Waals surface area contributed by atoms with Gasteiger partial charge in [-0.2, -0.15) is 9.29 Å². The number of carbonyl (C=O) groups excluding carboxylic acids is 1. The molecule has 1 amide bonds. The quantitative estimate of drug-likeness (QED) is 0.586. The minimum Gasteiger partial charge on any atom is -0.340 e. The standard InChI is InChI=1S/C17H18N4O4S3/c22-15(6-5-14-18-17(19-25-14)13-3-1-11-26-13)20-7-9-21(10-8-20)28(23,24)16-4-2-12-27-16/h1-4,11-12H,5-10H2. The fraction of sp³-hybridized carbons (Fsp3) is 0.353. The molecule has 1 aliphatic rings. The highest BCUT2D eigenvalue weighted by Gasteiger charge is 2.30. The predicted octanol–water partition coefficient (Wildman–Crippen LogP) is 2.33. The smallest absolute Gasteiger partial charge is 0.252 e. The maximum absolute atomic E-state index is 12.5. The normalized spacial score (nSPS) is 15.8. The molecule has 1 aliphatic heterocycles. The van der Waals surface area contributed by atoms with Crippen LogP contribution in [0.2, 0.25) is 0 Å². The summed E-state index contributed by atoms with van der Waals surface area (Å²) in [4.78, 5) is 19.4. The van der Waals surface area contributed by atoms with Crippen LogP contribution >= 0.6 is 22.7 Å². The monoisotopic (exact) mass is 438 g/mol. The largest absolute Gasteiger partial charge is 0.340 e. The van der Waals surface area contributed by atoms with Crippen LogP contribution in [0.5, 0.6) is 0 Å². The van der Waals surface area contributed by atoms with Gasteiger partial charge in [-0.05, 0) is 22.9 Å². The SMILES string of the molecule is O=C(CCc1nc(-c2cccs2)no1)N1CCN(S(=O)(=O)c2cccs2)CC1. The lowest BCUT2D eigenvalue weighted by Gasteiger charge is -2.33. The molecule has 4 heterocycles. The summed E-state index contributed by atoms with van der Waals surface area (Å²) in [5, 5.41) is 7.62. The Bertz CT molecular complexity index is 1020. The molecule has 0 bridgehead atoms. The van der Waals surface area contributed by atoms with Crippen molar-refractivity contribution in [3.63, 3.8) is 0 Å². The van der Waals surface area contributed by atoms with Crippen LogP contribution in [0.25, 0.3) is 10.7 Å². The number of thiophene rings is 2. The number of aryl methyl sites for hydroxylation is 1. The van der Waals surface area contributed by atoms with E-state index < -0.39 is 10.0 Å². The van der Waals surface area contributed by atoms with Gasteiger partial charge in [0.25, 0.3) is 10.0 Å². The number of piperazine rings is 1. The van der Waals surface area contributed by atoms with Crippen molar-refractivity contribution in [2.45, 2.75) is 17.1 Å². The van der Waals surface area contributed by atoms with Crippen LogP contribution < -0.4 is 0 Å². The van der Waals surface area contributed by atoms with E-state index in [1.54, 1.807) is 22.4 Å². The van der Waals surface area contributed by atoms with Crippen molar-refractivity contribution in [1.82, 2.24) is 19.3 Å². The summed E-state index contributed by atoms with van der Waals surface area (Å²) < 4.78 is 32.1. The van der Waals surface area contributed by atoms with Crippen molar-refractivity contribution in [1.29, 1.82) is 0 Å². The highest BCUT2D eigenvalue weighted by Crippen LogP contribution is 2.23. The van der Waals surface area contributed by atoms with Gasteiger partial charge in [0.05, 0.1) is 4.88 Å². The zero-order valence-electron chi connectivity index (χ0n) is 14.9. The molecular weight excluding hydrogens is 420 g/mol. The number of sulfonamides is 1. The molecule has 0 aliphatic carbocycles. The number of carbonyl (C=O) groups is 1. The lowest BCUT2D eigenvalue weighted by atomic mass is 10.2. The second-order valence-corrected chi connectivity index (χ2v) is 10.3. The Labute approximate surface area is 170 Å².